The first-order valence-electron chi connectivity index (χ1n) is 8.20. The first-order valence-corrected chi connectivity index (χ1v) is 9.08. The number of anilines is 1. The first-order chi connectivity index (χ1) is 12.7. The van der Waals surface area contributed by atoms with E-state index in [-0.39, 0.29) is 16.8 Å². The fourth-order valence-electron chi connectivity index (χ4n) is 2.25. The van der Waals surface area contributed by atoms with E-state index in [4.69, 9.17) is 0 Å². The monoisotopic (exact) mass is 392 g/mol. The number of hydrogen-bond acceptors (Lipinski definition) is 7. The summed E-state index contributed by atoms with van der Waals surface area (Å²) in [5.74, 6) is -0.648. The van der Waals surface area contributed by atoms with Crippen LogP contribution < -0.4 is 10.9 Å². The molecule has 9 nitrogen and oxygen atoms in total. The van der Waals surface area contributed by atoms with Crippen LogP contribution in [0.15, 0.2) is 40.3 Å². The number of nitrogens with zero attached hydrogens (tertiary/aromatic N) is 3. The molecule has 0 bridgehead atoms. The highest BCUT2D eigenvalue weighted by Gasteiger charge is 2.20. The third-order valence-corrected chi connectivity index (χ3v) is 4.57. The lowest BCUT2D eigenvalue weighted by molar-refractivity contribution is -0.384. The third kappa shape index (κ3) is 5.55. The molecule has 2 N–H and O–H groups in total. The van der Waals surface area contributed by atoms with Gasteiger partial charge in [0, 0.05) is 24.4 Å². The molecule has 0 saturated heterocycles. The summed E-state index contributed by atoms with van der Waals surface area (Å²) >= 11 is 1.02. The smallest absolute Gasteiger partial charge is 0.271 e. The zero-order valence-electron chi connectivity index (χ0n) is 15.1. The van der Waals surface area contributed by atoms with Crippen molar-refractivity contribution >= 4 is 29.0 Å². The predicted molar refractivity (Wildman–Crippen MR) is 102 cm³/mol. The molecular formula is C17H20N4O5S. The summed E-state index contributed by atoms with van der Waals surface area (Å²) in [6.07, 6.45) is 0. The molecule has 0 aliphatic rings. The van der Waals surface area contributed by atoms with Crippen molar-refractivity contribution in [3.63, 3.8) is 0 Å². The number of non-ortho nitro benzene ring substituents is 1. The van der Waals surface area contributed by atoms with E-state index in [0.717, 1.165) is 17.8 Å². The van der Waals surface area contributed by atoms with Gasteiger partial charge in [-0.3, -0.25) is 24.3 Å². The van der Waals surface area contributed by atoms with Crippen LogP contribution in [0.2, 0.25) is 0 Å². The van der Waals surface area contributed by atoms with Gasteiger partial charge in [0.1, 0.15) is 0 Å². The molecule has 0 saturated carbocycles. The van der Waals surface area contributed by atoms with Gasteiger partial charge in [0.15, 0.2) is 5.16 Å². The minimum absolute atomic E-state index is 0.131. The van der Waals surface area contributed by atoms with Crippen LogP contribution in [-0.4, -0.2) is 30.7 Å². The van der Waals surface area contributed by atoms with Crippen molar-refractivity contribution in [1.82, 2.24) is 9.55 Å². The van der Waals surface area contributed by atoms with E-state index in [1.165, 1.54) is 22.8 Å². The lowest BCUT2D eigenvalue weighted by atomic mass is 10.2. The first kappa shape index (κ1) is 20.4. The van der Waals surface area contributed by atoms with Crippen molar-refractivity contribution < 1.29 is 14.8 Å². The van der Waals surface area contributed by atoms with Crippen molar-refractivity contribution in [2.24, 2.45) is 5.92 Å². The van der Waals surface area contributed by atoms with E-state index < -0.39 is 27.5 Å². The number of hydrogen-bond donors (Lipinski definition) is 2. The molecule has 1 heterocycles. The molecule has 0 unspecified atom stereocenters. The van der Waals surface area contributed by atoms with Gasteiger partial charge < -0.3 is 10.4 Å². The van der Waals surface area contributed by atoms with E-state index >= 15 is 0 Å². The standard InChI is InChI=1S/C17H20N4O5S/c1-10(2)9-20-15(23)8-14(22)19-17(20)27-11(3)16(24)18-12-5-4-6-13(7-12)21(25)26/h4-8,10-11,22H,9H2,1-3H3,(H,18,24)/t11-/m0/s1. The Morgan fingerprint density at radius 1 is 1.37 bits per heavy atom. The van der Waals surface area contributed by atoms with Gasteiger partial charge in [0.05, 0.1) is 16.2 Å². The highest BCUT2D eigenvalue weighted by atomic mass is 32.2. The lowest BCUT2D eigenvalue weighted by Crippen LogP contribution is -2.27. The Bertz CT molecular complexity index is 912. The second kappa shape index (κ2) is 8.67. The van der Waals surface area contributed by atoms with E-state index in [2.05, 4.69) is 10.3 Å². The van der Waals surface area contributed by atoms with Crippen molar-refractivity contribution in [3.05, 3.63) is 50.8 Å². The van der Waals surface area contributed by atoms with Crippen LogP contribution in [0.25, 0.3) is 0 Å². The maximum atomic E-state index is 12.4. The van der Waals surface area contributed by atoms with E-state index in [1.54, 1.807) is 13.0 Å². The fraction of sp³-hybridized carbons (Fsp3) is 0.353. The van der Waals surface area contributed by atoms with Gasteiger partial charge in [-0.05, 0) is 18.9 Å². The molecule has 2 aromatic rings. The summed E-state index contributed by atoms with van der Waals surface area (Å²) in [7, 11) is 0. The van der Waals surface area contributed by atoms with Crippen LogP contribution in [0.3, 0.4) is 0 Å². The Morgan fingerprint density at radius 3 is 2.70 bits per heavy atom. The van der Waals surface area contributed by atoms with Gasteiger partial charge in [-0.15, -0.1) is 0 Å². The molecule has 0 radical (unpaired) electrons. The molecule has 0 aliphatic carbocycles. The number of aromatic nitrogens is 2. The Labute approximate surface area is 159 Å². The largest absolute Gasteiger partial charge is 0.493 e. The van der Waals surface area contributed by atoms with Crippen LogP contribution in [0.1, 0.15) is 20.8 Å². The number of nitrogens with one attached hydrogen (secondary N) is 1. The van der Waals surface area contributed by atoms with Crippen LogP contribution in [0.4, 0.5) is 11.4 Å². The summed E-state index contributed by atoms with van der Waals surface area (Å²) in [5.41, 5.74) is -0.233. The predicted octanol–water partition coefficient (Wildman–Crippen LogP) is 2.63. The van der Waals surface area contributed by atoms with Gasteiger partial charge in [0.2, 0.25) is 11.8 Å². The number of nitro benzene ring substituents is 1. The fourth-order valence-corrected chi connectivity index (χ4v) is 3.17. The number of amides is 1. The average molecular weight is 392 g/mol. The second-order valence-corrected chi connectivity index (χ2v) is 7.60. The summed E-state index contributed by atoms with van der Waals surface area (Å²) in [5, 5.41) is 22.6. The minimum Gasteiger partial charge on any atom is -0.493 e. The van der Waals surface area contributed by atoms with Crippen molar-refractivity contribution in [1.29, 1.82) is 0 Å². The molecule has 27 heavy (non-hydrogen) atoms. The topological polar surface area (TPSA) is 127 Å². The zero-order valence-corrected chi connectivity index (χ0v) is 15.9. The van der Waals surface area contributed by atoms with Crippen LogP contribution in [0, 0.1) is 16.0 Å². The summed E-state index contributed by atoms with van der Waals surface area (Å²) < 4.78 is 1.41. The van der Waals surface area contributed by atoms with Gasteiger partial charge in [-0.1, -0.05) is 31.7 Å². The minimum atomic E-state index is -0.656. The SMILES string of the molecule is CC(C)Cn1c(S[C@@H](C)C(=O)Nc2cccc([N+](=O)[O-])c2)nc(O)cc1=O. The number of carbonyl (C=O) groups is 1. The van der Waals surface area contributed by atoms with Gasteiger partial charge in [0.25, 0.3) is 11.2 Å². The summed E-state index contributed by atoms with van der Waals surface area (Å²) in [4.78, 5) is 38.8. The molecule has 0 aliphatic heterocycles. The number of rotatable bonds is 7. The zero-order chi connectivity index (χ0) is 20.1. The highest BCUT2D eigenvalue weighted by molar-refractivity contribution is 8.00. The lowest BCUT2D eigenvalue weighted by Gasteiger charge is -2.16. The van der Waals surface area contributed by atoms with E-state index in [1.807, 2.05) is 13.8 Å². The van der Waals surface area contributed by atoms with Crippen molar-refractivity contribution in [2.75, 3.05) is 5.32 Å². The van der Waals surface area contributed by atoms with E-state index in [9.17, 15) is 24.8 Å². The molecule has 1 aromatic heterocycles. The number of benzene rings is 1. The Kier molecular flexibility index (Phi) is 6.56. The number of nitro groups is 1. The van der Waals surface area contributed by atoms with E-state index in [0.29, 0.717) is 12.2 Å². The summed E-state index contributed by atoms with van der Waals surface area (Å²) in [6.45, 7) is 5.89. The van der Waals surface area contributed by atoms with Crippen molar-refractivity contribution in [2.45, 2.75) is 37.7 Å². The van der Waals surface area contributed by atoms with Gasteiger partial charge >= 0.3 is 0 Å². The average Bonchev–Trinajstić information content (AvgIpc) is 2.57. The molecular weight excluding hydrogens is 372 g/mol. The quantitative estimate of drug-likeness (QED) is 0.321. The van der Waals surface area contributed by atoms with Crippen LogP contribution >= 0.6 is 11.8 Å². The summed E-state index contributed by atoms with van der Waals surface area (Å²) in [6, 6.07) is 6.64. The van der Waals surface area contributed by atoms with Gasteiger partial charge in [-0.25, -0.2) is 0 Å². The molecule has 10 heteroatoms. The van der Waals surface area contributed by atoms with Crippen molar-refractivity contribution in [3.8, 4) is 5.88 Å². The molecule has 1 amide bonds. The Balaban J connectivity index is 2.18. The number of thioether (sulfide) groups is 1. The molecule has 0 fully saturated rings. The third-order valence-electron chi connectivity index (χ3n) is 3.48. The highest BCUT2D eigenvalue weighted by Crippen LogP contribution is 2.24. The number of carbonyl (C=O) groups excluding carboxylic acids is 1. The maximum Gasteiger partial charge on any atom is 0.271 e. The normalized spacial score (nSPS) is 12.0. The molecule has 1 atom stereocenters. The number of aromatic hydroxyl groups is 1. The Hall–Kier alpha value is -2.88. The molecule has 1 aromatic carbocycles. The Morgan fingerprint density at radius 2 is 2.07 bits per heavy atom. The van der Waals surface area contributed by atoms with Crippen LogP contribution in [0.5, 0.6) is 5.88 Å². The van der Waals surface area contributed by atoms with Crippen LogP contribution in [-0.2, 0) is 11.3 Å². The molecule has 0 spiro atoms. The van der Waals surface area contributed by atoms with Gasteiger partial charge in [-0.2, -0.15) is 4.98 Å². The second-order valence-electron chi connectivity index (χ2n) is 6.30. The maximum absolute atomic E-state index is 12.4. The molecule has 144 valence electrons. The molecule has 2 rings (SSSR count).